The zero-order valence-corrected chi connectivity index (χ0v) is 11.3. The zero-order valence-electron chi connectivity index (χ0n) is 10.5. The molecule has 0 spiro atoms. The topological polar surface area (TPSA) is 96.5 Å². The summed E-state index contributed by atoms with van der Waals surface area (Å²) in [4.78, 5) is 11.4. The van der Waals surface area contributed by atoms with Gasteiger partial charge in [0.15, 0.2) is 0 Å². The lowest BCUT2D eigenvalue weighted by Crippen LogP contribution is -2.50. The van der Waals surface area contributed by atoms with Crippen LogP contribution in [0.2, 0.25) is 0 Å². The highest BCUT2D eigenvalue weighted by atomic mass is 32.2. The minimum absolute atomic E-state index is 0.161. The molecule has 1 amide bonds. The van der Waals surface area contributed by atoms with Crippen LogP contribution in [0.1, 0.15) is 27.7 Å². The number of nitrogens with one attached hydrogen (secondary N) is 3. The van der Waals surface area contributed by atoms with Gasteiger partial charge >= 0.3 is 6.09 Å². The van der Waals surface area contributed by atoms with E-state index in [1.54, 1.807) is 27.7 Å². The Morgan fingerprint density at radius 1 is 1.47 bits per heavy atom. The fourth-order valence-electron chi connectivity index (χ4n) is 1.33. The molecule has 1 unspecified atom stereocenters. The summed E-state index contributed by atoms with van der Waals surface area (Å²) < 4.78 is 32.1. The van der Waals surface area contributed by atoms with Crippen LogP contribution in [0.15, 0.2) is 0 Å². The second kappa shape index (κ2) is 4.43. The largest absolute Gasteiger partial charge is 0.444 e. The molecule has 1 rings (SSSR count). The van der Waals surface area contributed by atoms with Crippen LogP contribution in [0, 0.1) is 0 Å². The number of amides is 1. The van der Waals surface area contributed by atoms with Gasteiger partial charge in [-0.2, -0.15) is 13.1 Å². The predicted octanol–water partition coefficient (Wildman–Crippen LogP) is -0.293. The summed E-state index contributed by atoms with van der Waals surface area (Å²) in [6.45, 7) is 7.36. The third kappa shape index (κ3) is 4.88. The molecule has 1 aliphatic rings. The number of carbonyl (C=O) groups is 1. The fourth-order valence-corrected chi connectivity index (χ4v) is 2.70. The van der Waals surface area contributed by atoms with Crippen molar-refractivity contribution in [1.82, 2.24) is 14.8 Å². The first-order valence-corrected chi connectivity index (χ1v) is 6.75. The molecule has 3 N–H and O–H groups in total. The lowest BCUT2D eigenvalue weighted by molar-refractivity contribution is 0.0516. The number of ether oxygens (including phenoxy) is 1. The molecule has 1 aliphatic heterocycles. The molecule has 0 radical (unpaired) electrons. The maximum atomic E-state index is 11.4. The molecule has 1 atom stereocenters. The SMILES string of the molecule is CC1(CNC(=O)OC(C)(C)C)CNS(=O)(=O)N1. The standard InChI is InChI=1S/C9H19N3O4S/c1-8(2,3)16-7(13)10-5-9(4)6-11-17(14,15)12-9/h11-12H,5-6H2,1-4H3,(H,10,13). The van der Waals surface area contributed by atoms with Crippen LogP contribution in [0.25, 0.3) is 0 Å². The Bertz CT molecular complexity index is 401. The summed E-state index contributed by atoms with van der Waals surface area (Å²) in [5.41, 5.74) is -1.30. The van der Waals surface area contributed by atoms with E-state index in [-0.39, 0.29) is 13.1 Å². The van der Waals surface area contributed by atoms with Gasteiger partial charge in [0.2, 0.25) is 0 Å². The van der Waals surface area contributed by atoms with Gasteiger partial charge in [-0.3, -0.25) is 0 Å². The van der Waals surface area contributed by atoms with Crippen LogP contribution < -0.4 is 14.8 Å². The van der Waals surface area contributed by atoms with E-state index in [9.17, 15) is 13.2 Å². The van der Waals surface area contributed by atoms with Crippen LogP contribution in [0.3, 0.4) is 0 Å². The van der Waals surface area contributed by atoms with E-state index in [0.29, 0.717) is 0 Å². The van der Waals surface area contributed by atoms with Crippen molar-refractivity contribution in [2.24, 2.45) is 0 Å². The molecular weight excluding hydrogens is 246 g/mol. The molecule has 100 valence electrons. The molecule has 0 aliphatic carbocycles. The fraction of sp³-hybridized carbons (Fsp3) is 0.889. The zero-order chi connectivity index (χ0) is 13.3. The Morgan fingerprint density at radius 2 is 2.06 bits per heavy atom. The third-order valence-electron chi connectivity index (χ3n) is 2.05. The molecule has 0 aromatic heterocycles. The maximum absolute atomic E-state index is 11.4. The molecule has 1 saturated heterocycles. The predicted molar refractivity (Wildman–Crippen MR) is 62.7 cm³/mol. The highest BCUT2D eigenvalue weighted by Gasteiger charge is 2.37. The van der Waals surface area contributed by atoms with Crippen molar-refractivity contribution in [2.45, 2.75) is 38.8 Å². The second-order valence-corrected chi connectivity index (χ2v) is 6.84. The van der Waals surface area contributed by atoms with E-state index in [2.05, 4.69) is 14.8 Å². The summed E-state index contributed by atoms with van der Waals surface area (Å²) in [7, 11) is -3.43. The lowest BCUT2D eigenvalue weighted by Gasteiger charge is -2.24. The molecule has 8 heteroatoms. The van der Waals surface area contributed by atoms with Crippen molar-refractivity contribution in [1.29, 1.82) is 0 Å². The molecular formula is C9H19N3O4S. The van der Waals surface area contributed by atoms with Gasteiger partial charge in [0.25, 0.3) is 10.2 Å². The van der Waals surface area contributed by atoms with Gasteiger partial charge in [0.1, 0.15) is 5.60 Å². The Kier molecular flexibility index (Phi) is 3.70. The Hall–Kier alpha value is -0.860. The van der Waals surface area contributed by atoms with E-state index in [1.807, 2.05) is 0 Å². The monoisotopic (exact) mass is 265 g/mol. The summed E-state index contributed by atoms with van der Waals surface area (Å²) >= 11 is 0. The first-order chi connectivity index (χ1) is 7.52. The van der Waals surface area contributed by atoms with Crippen molar-refractivity contribution >= 4 is 16.3 Å². The minimum atomic E-state index is -3.43. The van der Waals surface area contributed by atoms with E-state index in [4.69, 9.17) is 4.74 Å². The van der Waals surface area contributed by atoms with E-state index < -0.39 is 27.4 Å². The van der Waals surface area contributed by atoms with E-state index >= 15 is 0 Å². The molecule has 1 fully saturated rings. The highest BCUT2D eigenvalue weighted by molar-refractivity contribution is 7.87. The van der Waals surface area contributed by atoms with Gasteiger partial charge in [-0.05, 0) is 27.7 Å². The van der Waals surface area contributed by atoms with Crippen molar-refractivity contribution in [3.8, 4) is 0 Å². The molecule has 17 heavy (non-hydrogen) atoms. The molecule has 0 saturated carbocycles. The average Bonchev–Trinajstić information content (AvgIpc) is 2.36. The van der Waals surface area contributed by atoms with Crippen LogP contribution in [0.5, 0.6) is 0 Å². The summed E-state index contributed by atoms with van der Waals surface area (Å²) in [6.07, 6.45) is -0.565. The molecule has 1 heterocycles. The van der Waals surface area contributed by atoms with Gasteiger partial charge in [0, 0.05) is 13.1 Å². The lowest BCUT2D eigenvalue weighted by atomic mass is 10.1. The minimum Gasteiger partial charge on any atom is -0.444 e. The van der Waals surface area contributed by atoms with Gasteiger partial charge in [-0.1, -0.05) is 0 Å². The Balaban J connectivity index is 2.44. The third-order valence-corrected chi connectivity index (χ3v) is 3.34. The molecule has 7 nitrogen and oxygen atoms in total. The average molecular weight is 265 g/mol. The van der Waals surface area contributed by atoms with Crippen molar-refractivity contribution in [3.05, 3.63) is 0 Å². The maximum Gasteiger partial charge on any atom is 0.407 e. The van der Waals surface area contributed by atoms with Crippen LogP contribution in [-0.2, 0) is 14.9 Å². The number of carbonyl (C=O) groups excluding carboxylic acids is 1. The highest BCUT2D eigenvalue weighted by Crippen LogP contribution is 2.10. The van der Waals surface area contributed by atoms with Crippen LogP contribution >= 0.6 is 0 Å². The molecule has 0 bridgehead atoms. The van der Waals surface area contributed by atoms with E-state index in [0.717, 1.165) is 0 Å². The quantitative estimate of drug-likeness (QED) is 0.639. The first-order valence-electron chi connectivity index (χ1n) is 5.27. The van der Waals surface area contributed by atoms with Crippen LogP contribution in [0.4, 0.5) is 4.79 Å². The number of hydrogen-bond donors (Lipinski definition) is 3. The summed E-state index contributed by atoms with van der Waals surface area (Å²) in [5, 5.41) is 2.53. The van der Waals surface area contributed by atoms with E-state index in [1.165, 1.54) is 0 Å². The second-order valence-electron chi connectivity index (χ2n) is 5.34. The number of alkyl carbamates (subject to hydrolysis) is 1. The van der Waals surface area contributed by atoms with Gasteiger partial charge < -0.3 is 10.1 Å². The molecule has 0 aromatic carbocycles. The summed E-state index contributed by atoms with van der Waals surface area (Å²) in [5.74, 6) is 0. The normalized spacial score (nSPS) is 27.8. The van der Waals surface area contributed by atoms with Gasteiger partial charge in [0.05, 0.1) is 5.54 Å². The Morgan fingerprint density at radius 3 is 2.47 bits per heavy atom. The van der Waals surface area contributed by atoms with Crippen molar-refractivity contribution in [2.75, 3.05) is 13.1 Å². The first kappa shape index (κ1) is 14.2. The Labute approximate surface area is 101 Å². The number of hydrogen-bond acceptors (Lipinski definition) is 4. The van der Waals surface area contributed by atoms with Crippen molar-refractivity contribution < 1.29 is 17.9 Å². The van der Waals surface area contributed by atoms with Gasteiger partial charge in [-0.25, -0.2) is 9.52 Å². The molecule has 0 aromatic rings. The van der Waals surface area contributed by atoms with Crippen LogP contribution in [-0.4, -0.2) is 38.7 Å². The van der Waals surface area contributed by atoms with Gasteiger partial charge in [-0.15, -0.1) is 0 Å². The van der Waals surface area contributed by atoms with Crippen molar-refractivity contribution in [3.63, 3.8) is 0 Å². The number of rotatable bonds is 2. The summed E-state index contributed by atoms with van der Waals surface area (Å²) in [6, 6.07) is 0. The smallest absolute Gasteiger partial charge is 0.407 e.